The zero-order valence-corrected chi connectivity index (χ0v) is 13.0. The van der Waals surface area contributed by atoms with E-state index in [9.17, 15) is 8.42 Å². The van der Waals surface area contributed by atoms with Gasteiger partial charge in [0.2, 0.25) is 10.0 Å². The molecule has 0 saturated heterocycles. The third-order valence-electron chi connectivity index (χ3n) is 3.29. The molecule has 1 aromatic heterocycles. The van der Waals surface area contributed by atoms with Crippen LogP contribution in [0.5, 0.6) is 0 Å². The molecule has 114 valence electrons. The Labute approximate surface area is 125 Å². The van der Waals surface area contributed by atoms with Gasteiger partial charge in [-0.1, -0.05) is 12.1 Å². The molecule has 1 aromatic carbocycles. The molecule has 0 aliphatic heterocycles. The van der Waals surface area contributed by atoms with Crippen LogP contribution in [0.3, 0.4) is 0 Å². The number of hydrogen-bond acceptors (Lipinski definition) is 4. The Morgan fingerprint density at radius 3 is 2.81 bits per heavy atom. The lowest BCUT2D eigenvalue weighted by molar-refractivity contribution is 0.560. The second-order valence-corrected chi connectivity index (χ2v) is 6.52. The topological polar surface area (TPSA) is 76.0 Å². The predicted octanol–water partition coefficient (Wildman–Crippen LogP) is 1.14. The number of nitrogens with one attached hydrogen (secondary N) is 2. The van der Waals surface area contributed by atoms with Crippen molar-refractivity contribution in [2.75, 3.05) is 13.6 Å². The first-order chi connectivity index (χ1) is 10.0. The maximum Gasteiger partial charge on any atom is 0.240 e. The second kappa shape index (κ2) is 6.84. The molecule has 0 bridgehead atoms. The Balaban J connectivity index is 2.05. The number of rotatable bonds is 7. The fraction of sp³-hybridized carbons (Fsp3) is 0.357. The zero-order valence-electron chi connectivity index (χ0n) is 12.2. The van der Waals surface area contributed by atoms with Gasteiger partial charge in [-0.05, 0) is 37.7 Å². The van der Waals surface area contributed by atoms with Crippen LogP contribution in [0, 0.1) is 0 Å². The summed E-state index contributed by atoms with van der Waals surface area (Å²) in [6.45, 7) is 2.78. The molecule has 1 unspecified atom stereocenters. The molecule has 0 saturated carbocycles. The number of hydrogen-bond donors (Lipinski definition) is 2. The van der Waals surface area contributed by atoms with E-state index in [2.05, 4.69) is 15.1 Å². The van der Waals surface area contributed by atoms with E-state index in [1.165, 1.54) is 0 Å². The van der Waals surface area contributed by atoms with Crippen molar-refractivity contribution in [3.8, 4) is 0 Å². The van der Waals surface area contributed by atoms with E-state index in [0.29, 0.717) is 13.1 Å². The summed E-state index contributed by atoms with van der Waals surface area (Å²) in [6.07, 6.45) is 3.46. The fourth-order valence-electron chi connectivity index (χ4n) is 1.93. The Bertz CT molecular complexity index is 668. The molecule has 0 aliphatic carbocycles. The molecule has 6 nitrogen and oxygen atoms in total. The lowest BCUT2D eigenvalue weighted by atomic mass is 10.1. The molecule has 2 aromatic rings. The maximum atomic E-state index is 12.3. The first-order valence-corrected chi connectivity index (χ1v) is 8.25. The summed E-state index contributed by atoms with van der Waals surface area (Å²) in [5.41, 5.74) is 0.937. The van der Waals surface area contributed by atoms with Crippen molar-refractivity contribution in [1.82, 2.24) is 19.8 Å². The van der Waals surface area contributed by atoms with E-state index in [0.717, 1.165) is 5.56 Å². The summed E-state index contributed by atoms with van der Waals surface area (Å²) in [7, 11) is -1.66. The van der Waals surface area contributed by atoms with Gasteiger partial charge in [-0.3, -0.25) is 4.68 Å². The molecule has 0 fully saturated rings. The molecular weight excluding hydrogens is 288 g/mol. The summed E-state index contributed by atoms with van der Waals surface area (Å²) in [5.74, 6) is 0. The largest absolute Gasteiger partial charge is 0.313 e. The minimum Gasteiger partial charge on any atom is -0.313 e. The normalized spacial score (nSPS) is 13.2. The van der Waals surface area contributed by atoms with Gasteiger partial charge in [-0.25, -0.2) is 13.1 Å². The Morgan fingerprint density at radius 2 is 2.14 bits per heavy atom. The zero-order chi connectivity index (χ0) is 15.3. The van der Waals surface area contributed by atoms with Crippen molar-refractivity contribution in [3.05, 3.63) is 48.3 Å². The molecule has 0 spiro atoms. The highest BCUT2D eigenvalue weighted by Crippen LogP contribution is 2.16. The summed E-state index contributed by atoms with van der Waals surface area (Å²) < 4.78 is 28.8. The molecule has 7 heteroatoms. The molecule has 21 heavy (non-hydrogen) atoms. The van der Waals surface area contributed by atoms with Gasteiger partial charge in [0.1, 0.15) is 0 Å². The van der Waals surface area contributed by atoms with E-state index >= 15 is 0 Å². The van der Waals surface area contributed by atoms with Crippen molar-refractivity contribution in [2.45, 2.75) is 24.4 Å². The van der Waals surface area contributed by atoms with Gasteiger partial charge in [-0.15, -0.1) is 0 Å². The molecule has 1 atom stereocenters. The highest BCUT2D eigenvalue weighted by atomic mass is 32.2. The molecule has 0 radical (unpaired) electrons. The number of benzene rings is 1. The van der Waals surface area contributed by atoms with Crippen LogP contribution < -0.4 is 10.0 Å². The summed E-state index contributed by atoms with van der Waals surface area (Å²) in [5, 5.41) is 7.13. The van der Waals surface area contributed by atoms with Crippen LogP contribution in [-0.4, -0.2) is 31.8 Å². The van der Waals surface area contributed by atoms with Crippen molar-refractivity contribution in [2.24, 2.45) is 0 Å². The number of nitrogens with zero attached hydrogens (tertiary/aromatic N) is 2. The highest BCUT2D eigenvalue weighted by Gasteiger charge is 2.15. The average Bonchev–Trinajstić information content (AvgIpc) is 2.99. The van der Waals surface area contributed by atoms with Crippen LogP contribution in [0.4, 0.5) is 0 Å². The molecule has 0 amide bonds. The van der Waals surface area contributed by atoms with Crippen molar-refractivity contribution < 1.29 is 8.42 Å². The van der Waals surface area contributed by atoms with E-state index < -0.39 is 10.0 Å². The quantitative estimate of drug-likeness (QED) is 0.804. The highest BCUT2D eigenvalue weighted by molar-refractivity contribution is 7.89. The van der Waals surface area contributed by atoms with Gasteiger partial charge in [-0.2, -0.15) is 5.10 Å². The van der Waals surface area contributed by atoms with Crippen LogP contribution in [0.2, 0.25) is 0 Å². The smallest absolute Gasteiger partial charge is 0.240 e. The second-order valence-electron chi connectivity index (χ2n) is 4.75. The number of sulfonamides is 1. The predicted molar refractivity (Wildman–Crippen MR) is 81.3 cm³/mol. The standard InChI is InChI=1S/C14H20N4O2S/c1-12(15-2)13-5-3-6-14(11-13)21(19,20)17-8-10-18-9-4-7-16-18/h3-7,9,11-12,15,17H,8,10H2,1-2H3. The summed E-state index contributed by atoms with van der Waals surface area (Å²) in [6, 6.07) is 8.86. The van der Waals surface area contributed by atoms with Gasteiger partial charge in [0.05, 0.1) is 11.4 Å². The first kappa shape index (κ1) is 15.7. The van der Waals surface area contributed by atoms with Crippen LogP contribution in [0.25, 0.3) is 0 Å². The molecule has 2 rings (SSSR count). The molecule has 0 aliphatic rings. The van der Waals surface area contributed by atoms with Gasteiger partial charge >= 0.3 is 0 Å². The van der Waals surface area contributed by atoms with Crippen molar-refractivity contribution in [1.29, 1.82) is 0 Å². The monoisotopic (exact) mass is 308 g/mol. The Hall–Kier alpha value is -1.70. The Morgan fingerprint density at radius 1 is 1.33 bits per heavy atom. The van der Waals surface area contributed by atoms with Crippen LogP contribution in [0.1, 0.15) is 18.5 Å². The van der Waals surface area contributed by atoms with Gasteiger partial charge in [0.25, 0.3) is 0 Å². The van der Waals surface area contributed by atoms with Crippen molar-refractivity contribution >= 4 is 10.0 Å². The van der Waals surface area contributed by atoms with Crippen LogP contribution in [0.15, 0.2) is 47.6 Å². The van der Waals surface area contributed by atoms with Gasteiger partial charge in [0.15, 0.2) is 0 Å². The van der Waals surface area contributed by atoms with Crippen molar-refractivity contribution in [3.63, 3.8) is 0 Å². The van der Waals surface area contributed by atoms with Crippen LogP contribution in [-0.2, 0) is 16.6 Å². The maximum absolute atomic E-state index is 12.3. The van der Waals surface area contributed by atoms with E-state index in [4.69, 9.17) is 0 Å². The minimum absolute atomic E-state index is 0.101. The summed E-state index contributed by atoms with van der Waals surface area (Å²) in [4.78, 5) is 0.280. The lowest BCUT2D eigenvalue weighted by Gasteiger charge is -2.12. The minimum atomic E-state index is -3.50. The van der Waals surface area contributed by atoms with E-state index in [1.54, 1.807) is 41.3 Å². The average molecular weight is 308 g/mol. The molecule has 2 N–H and O–H groups in total. The summed E-state index contributed by atoms with van der Waals surface area (Å²) >= 11 is 0. The van der Waals surface area contributed by atoms with Gasteiger partial charge < -0.3 is 5.32 Å². The fourth-order valence-corrected chi connectivity index (χ4v) is 3.00. The number of aromatic nitrogens is 2. The third kappa shape index (κ3) is 4.13. The first-order valence-electron chi connectivity index (χ1n) is 6.77. The van der Waals surface area contributed by atoms with E-state index in [-0.39, 0.29) is 10.9 Å². The molecular formula is C14H20N4O2S. The molecule has 1 heterocycles. The van der Waals surface area contributed by atoms with Crippen LogP contribution >= 0.6 is 0 Å². The van der Waals surface area contributed by atoms with E-state index in [1.807, 2.05) is 20.0 Å². The third-order valence-corrected chi connectivity index (χ3v) is 4.75. The lowest BCUT2D eigenvalue weighted by Crippen LogP contribution is -2.27. The SMILES string of the molecule is CNC(C)c1cccc(S(=O)(=O)NCCn2cccn2)c1. The Kier molecular flexibility index (Phi) is 5.11. The van der Waals surface area contributed by atoms with Gasteiger partial charge in [0, 0.05) is 25.0 Å².